The van der Waals surface area contributed by atoms with Crippen LogP contribution < -0.4 is 10.1 Å². The summed E-state index contributed by atoms with van der Waals surface area (Å²) >= 11 is 2.05. The first kappa shape index (κ1) is 11.8. The molecule has 1 atom stereocenters. The Morgan fingerprint density at radius 2 is 2.19 bits per heavy atom. The third-order valence-electron chi connectivity index (χ3n) is 2.94. The van der Waals surface area contributed by atoms with Crippen molar-refractivity contribution in [3.8, 4) is 5.75 Å². The molecule has 0 unspecified atom stereocenters. The number of thioether (sulfide) groups is 1. The van der Waals surface area contributed by atoms with Crippen LogP contribution in [-0.4, -0.2) is 31.2 Å². The standard InChI is InChI=1S/C13H19NOS/c1-15-13-4-2-11(3-5-13)6-8-14-12-7-9-16-10-12/h2-5,12,14H,6-10H2,1H3/t12-/m0/s1. The van der Waals surface area contributed by atoms with Crippen molar-refractivity contribution in [3.05, 3.63) is 29.8 Å². The summed E-state index contributed by atoms with van der Waals surface area (Å²) in [6.45, 7) is 1.08. The first-order valence-corrected chi connectivity index (χ1v) is 6.98. The Morgan fingerprint density at radius 1 is 1.38 bits per heavy atom. The fourth-order valence-electron chi connectivity index (χ4n) is 1.91. The van der Waals surface area contributed by atoms with Gasteiger partial charge in [-0.3, -0.25) is 0 Å². The lowest BCUT2D eigenvalue weighted by atomic mass is 10.1. The second-order valence-corrected chi connectivity index (χ2v) is 5.26. The smallest absolute Gasteiger partial charge is 0.118 e. The number of hydrogen-bond acceptors (Lipinski definition) is 3. The van der Waals surface area contributed by atoms with Crippen LogP contribution in [0.15, 0.2) is 24.3 Å². The van der Waals surface area contributed by atoms with Crippen LogP contribution in [0.4, 0.5) is 0 Å². The molecule has 0 radical (unpaired) electrons. The van der Waals surface area contributed by atoms with Gasteiger partial charge < -0.3 is 10.1 Å². The summed E-state index contributed by atoms with van der Waals surface area (Å²) in [5, 5.41) is 3.61. The average molecular weight is 237 g/mol. The van der Waals surface area contributed by atoms with E-state index < -0.39 is 0 Å². The Hall–Kier alpha value is -0.670. The van der Waals surface area contributed by atoms with Crippen LogP contribution in [-0.2, 0) is 6.42 Å². The van der Waals surface area contributed by atoms with E-state index in [0.717, 1.165) is 24.8 Å². The Labute approximate surface area is 102 Å². The molecule has 1 aliphatic rings. The van der Waals surface area contributed by atoms with E-state index >= 15 is 0 Å². The van der Waals surface area contributed by atoms with E-state index in [1.54, 1.807) is 7.11 Å². The van der Waals surface area contributed by atoms with Gasteiger partial charge in [-0.25, -0.2) is 0 Å². The molecular formula is C13H19NOS. The van der Waals surface area contributed by atoms with E-state index in [4.69, 9.17) is 4.74 Å². The zero-order chi connectivity index (χ0) is 11.2. The normalized spacial score (nSPS) is 19.9. The second kappa shape index (κ2) is 6.16. The minimum Gasteiger partial charge on any atom is -0.497 e. The van der Waals surface area contributed by atoms with Crippen LogP contribution in [0.25, 0.3) is 0 Å². The van der Waals surface area contributed by atoms with Crippen LogP contribution in [0, 0.1) is 0 Å². The molecule has 0 saturated carbocycles. The van der Waals surface area contributed by atoms with Crippen LogP contribution in [0.5, 0.6) is 5.75 Å². The summed E-state index contributed by atoms with van der Waals surface area (Å²) in [6.07, 6.45) is 2.43. The van der Waals surface area contributed by atoms with Gasteiger partial charge in [-0.15, -0.1) is 0 Å². The van der Waals surface area contributed by atoms with Crippen LogP contribution >= 0.6 is 11.8 Å². The maximum Gasteiger partial charge on any atom is 0.118 e. The number of nitrogens with one attached hydrogen (secondary N) is 1. The molecule has 0 bridgehead atoms. The molecule has 2 rings (SSSR count). The van der Waals surface area contributed by atoms with Gasteiger partial charge in [0.05, 0.1) is 7.11 Å². The highest BCUT2D eigenvalue weighted by atomic mass is 32.2. The minimum absolute atomic E-state index is 0.739. The van der Waals surface area contributed by atoms with Gasteiger partial charge in [0.1, 0.15) is 5.75 Å². The van der Waals surface area contributed by atoms with Crippen molar-refractivity contribution in [2.45, 2.75) is 18.9 Å². The predicted octanol–water partition coefficient (Wildman–Crippen LogP) is 2.33. The predicted molar refractivity (Wildman–Crippen MR) is 70.4 cm³/mol. The molecule has 2 nitrogen and oxygen atoms in total. The third-order valence-corrected chi connectivity index (χ3v) is 4.10. The molecule has 1 heterocycles. The van der Waals surface area contributed by atoms with E-state index in [0.29, 0.717) is 0 Å². The topological polar surface area (TPSA) is 21.3 Å². The van der Waals surface area contributed by atoms with E-state index in [-0.39, 0.29) is 0 Å². The van der Waals surface area contributed by atoms with Gasteiger partial charge in [-0.05, 0) is 42.8 Å². The summed E-state index contributed by atoms with van der Waals surface area (Å²) < 4.78 is 5.14. The molecule has 1 aliphatic heterocycles. The second-order valence-electron chi connectivity index (χ2n) is 4.11. The van der Waals surface area contributed by atoms with Gasteiger partial charge in [0.15, 0.2) is 0 Å². The molecule has 0 aliphatic carbocycles. The third kappa shape index (κ3) is 3.42. The number of benzene rings is 1. The Kier molecular flexibility index (Phi) is 4.55. The number of rotatable bonds is 5. The number of ether oxygens (including phenoxy) is 1. The van der Waals surface area contributed by atoms with E-state index in [1.165, 1.54) is 23.5 Å². The van der Waals surface area contributed by atoms with Crippen molar-refractivity contribution in [2.75, 3.05) is 25.2 Å². The first-order valence-electron chi connectivity index (χ1n) is 5.82. The summed E-state index contributed by atoms with van der Waals surface area (Å²) in [6, 6.07) is 9.08. The molecule has 0 spiro atoms. The SMILES string of the molecule is COc1ccc(CCN[C@H]2CCSC2)cc1. The molecule has 1 aromatic carbocycles. The number of methoxy groups -OCH3 is 1. The Morgan fingerprint density at radius 3 is 2.81 bits per heavy atom. The van der Waals surface area contributed by atoms with E-state index in [2.05, 4.69) is 29.2 Å². The fraction of sp³-hybridized carbons (Fsp3) is 0.538. The monoisotopic (exact) mass is 237 g/mol. The molecule has 88 valence electrons. The lowest BCUT2D eigenvalue weighted by molar-refractivity contribution is 0.414. The largest absolute Gasteiger partial charge is 0.497 e. The molecule has 0 amide bonds. The summed E-state index contributed by atoms with van der Waals surface area (Å²) in [7, 11) is 1.70. The molecule has 0 aromatic heterocycles. The van der Waals surface area contributed by atoms with Gasteiger partial charge in [0.2, 0.25) is 0 Å². The van der Waals surface area contributed by atoms with E-state index in [1.807, 2.05) is 12.1 Å². The average Bonchev–Trinajstić information content (AvgIpc) is 2.83. The summed E-state index contributed by atoms with van der Waals surface area (Å²) in [4.78, 5) is 0. The van der Waals surface area contributed by atoms with Gasteiger partial charge in [-0.1, -0.05) is 12.1 Å². The fourth-order valence-corrected chi connectivity index (χ4v) is 3.10. The van der Waals surface area contributed by atoms with Crippen LogP contribution in [0.1, 0.15) is 12.0 Å². The maximum absolute atomic E-state index is 5.14. The van der Waals surface area contributed by atoms with E-state index in [9.17, 15) is 0 Å². The maximum atomic E-state index is 5.14. The van der Waals surface area contributed by atoms with Gasteiger partial charge in [0.25, 0.3) is 0 Å². The Bertz CT molecular complexity index is 306. The zero-order valence-corrected chi connectivity index (χ0v) is 10.6. The molecule has 3 heteroatoms. The van der Waals surface area contributed by atoms with Crippen LogP contribution in [0.2, 0.25) is 0 Å². The van der Waals surface area contributed by atoms with Crippen molar-refractivity contribution in [2.24, 2.45) is 0 Å². The van der Waals surface area contributed by atoms with Crippen molar-refractivity contribution in [1.29, 1.82) is 0 Å². The lowest BCUT2D eigenvalue weighted by Gasteiger charge is -2.10. The molecule has 1 aromatic rings. The van der Waals surface area contributed by atoms with Gasteiger partial charge >= 0.3 is 0 Å². The number of hydrogen-bond donors (Lipinski definition) is 1. The minimum atomic E-state index is 0.739. The van der Waals surface area contributed by atoms with Gasteiger partial charge in [-0.2, -0.15) is 11.8 Å². The van der Waals surface area contributed by atoms with Crippen molar-refractivity contribution >= 4 is 11.8 Å². The quantitative estimate of drug-likeness (QED) is 0.849. The molecule has 1 saturated heterocycles. The van der Waals surface area contributed by atoms with Crippen LogP contribution in [0.3, 0.4) is 0 Å². The summed E-state index contributed by atoms with van der Waals surface area (Å²) in [5.41, 5.74) is 1.37. The zero-order valence-electron chi connectivity index (χ0n) is 9.74. The molecule has 1 fully saturated rings. The van der Waals surface area contributed by atoms with Gasteiger partial charge in [0, 0.05) is 11.8 Å². The van der Waals surface area contributed by atoms with Crippen molar-refractivity contribution < 1.29 is 4.74 Å². The Balaban J connectivity index is 1.71. The molecule has 1 N–H and O–H groups in total. The highest BCUT2D eigenvalue weighted by Crippen LogP contribution is 2.17. The highest BCUT2D eigenvalue weighted by molar-refractivity contribution is 7.99. The lowest BCUT2D eigenvalue weighted by Crippen LogP contribution is -2.30. The molecule has 16 heavy (non-hydrogen) atoms. The summed E-state index contributed by atoms with van der Waals surface area (Å²) in [5.74, 6) is 3.53. The first-order chi connectivity index (χ1) is 7.88. The highest BCUT2D eigenvalue weighted by Gasteiger charge is 2.13. The molecular weight excluding hydrogens is 218 g/mol. The van der Waals surface area contributed by atoms with Crippen molar-refractivity contribution in [3.63, 3.8) is 0 Å². The van der Waals surface area contributed by atoms with Crippen molar-refractivity contribution in [1.82, 2.24) is 5.32 Å².